The van der Waals surface area contributed by atoms with Crippen molar-refractivity contribution in [1.82, 2.24) is 10.6 Å². The Labute approximate surface area is 129 Å². The highest BCUT2D eigenvalue weighted by Gasteiger charge is 2.22. The minimum absolute atomic E-state index is 0. The number of nitrogens with one attached hydrogen (secondary N) is 2. The second kappa shape index (κ2) is 10.4. The molecule has 0 radical (unpaired) electrons. The van der Waals surface area contributed by atoms with Gasteiger partial charge in [-0.05, 0) is 50.1 Å². The molecule has 1 heterocycles. The fraction of sp³-hybridized carbons (Fsp3) is 0.933. The maximum atomic E-state index is 11.8. The number of aliphatic hydroxyl groups excluding tert-OH is 1. The molecule has 2 atom stereocenters. The summed E-state index contributed by atoms with van der Waals surface area (Å²) >= 11 is 0. The van der Waals surface area contributed by atoms with E-state index in [1.54, 1.807) is 0 Å². The van der Waals surface area contributed by atoms with E-state index in [-0.39, 0.29) is 18.3 Å². The zero-order valence-electron chi connectivity index (χ0n) is 13.0. The molecule has 120 valence electrons. The van der Waals surface area contributed by atoms with Crippen LogP contribution in [0.5, 0.6) is 0 Å². The number of rotatable bonds is 7. The fourth-order valence-electron chi connectivity index (χ4n) is 2.80. The van der Waals surface area contributed by atoms with Gasteiger partial charge in [0.2, 0.25) is 5.91 Å². The third-order valence-electron chi connectivity index (χ3n) is 3.97. The predicted octanol–water partition coefficient (Wildman–Crippen LogP) is 1.96. The molecule has 1 amide bonds. The summed E-state index contributed by atoms with van der Waals surface area (Å²) in [6.07, 6.45) is 3.25. The number of hydrogen-bond acceptors (Lipinski definition) is 3. The minimum Gasteiger partial charge on any atom is -0.391 e. The Bertz CT molecular complexity index is 269. The van der Waals surface area contributed by atoms with Crippen molar-refractivity contribution in [2.45, 2.75) is 52.6 Å². The SMILES string of the molecule is CC(C)CC(O)CNC(=O)CC(C)C1CCNCC1.Cl. The minimum atomic E-state index is -0.418. The molecule has 1 aliphatic rings. The van der Waals surface area contributed by atoms with Crippen LogP contribution in [0.25, 0.3) is 0 Å². The molecule has 0 aromatic rings. The van der Waals surface area contributed by atoms with E-state index in [4.69, 9.17) is 0 Å². The number of hydrogen-bond donors (Lipinski definition) is 3. The Hall–Kier alpha value is -0.320. The molecule has 0 aliphatic carbocycles. The van der Waals surface area contributed by atoms with Crippen molar-refractivity contribution in [3.8, 4) is 0 Å². The van der Waals surface area contributed by atoms with Crippen molar-refractivity contribution in [2.24, 2.45) is 17.8 Å². The summed E-state index contributed by atoms with van der Waals surface area (Å²) in [7, 11) is 0. The lowest BCUT2D eigenvalue weighted by Gasteiger charge is -2.28. The van der Waals surface area contributed by atoms with Gasteiger partial charge in [-0.15, -0.1) is 12.4 Å². The molecule has 1 saturated heterocycles. The first-order valence-corrected chi connectivity index (χ1v) is 7.64. The van der Waals surface area contributed by atoms with Gasteiger partial charge in [-0.3, -0.25) is 4.79 Å². The predicted molar refractivity (Wildman–Crippen MR) is 85.1 cm³/mol. The van der Waals surface area contributed by atoms with Gasteiger partial charge in [0.15, 0.2) is 0 Å². The van der Waals surface area contributed by atoms with Gasteiger partial charge < -0.3 is 15.7 Å². The number of amides is 1. The maximum Gasteiger partial charge on any atom is 0.220 e. The molecule has 0 saturated carbocycles. The fourth-order valence-corrected chi connectivity index (χ4v) is 2.80. The standard InChI is InChI=1S/C15H30N2O2.ClH/c1-11(2)8-14(18)10-17-15(19)9-12(3)13-4-6-16-7-5-13;/h11-14,16,18H,4-10H2,1-3H3,(H,17,19);1H. The molecule has 3 N–H and O–H groups in total. The van der Waals surface area contributed by atoms with Gasteiger partial charge in [0, 0.05) is 13.0 Å². The molecule has 0 aromatic carbocycles. The van der Waals surface area contributed by atoms with Crippen molar-refractivity contribution in [3.63, 3.8) is 0 Å². The highest BCUT2D eigenvalue weighted by atomic mass is 35.5. The third-order valence-corrected chi connectivity index (χ3v) is 3.97. The van der Waals surface area contributed by atoms with E-state index in [9.17, 15) is 9.90 Å². The number of carbonyl (C=O) groups is 1. The first kappa shape index (κ1) is 19.7. The first-order valence-electron chi connectivity index (χ1n) is 7.64. The lowest BCUT2D eigenvalue weighted by atomic mass is 9.84. The number of piperidine rings is 1. The number of aliphatic hydroxyl groups is 1. The van der Waals surface area contributed by atoms with Crippen LogP contribution >= 0.6 is 12.4 Å². The van der Waals surface area contributed by atoms with Gasteiger partial charge in [0.25, 0.3) is 0 Å². The van der Waals surface area contributed by atoms with Gasteiger partial charge >= 0.3 is 0 Å². The van der Waals surface area contributed by atoms with Crippen LogP contribution in [0.4, 0.5) is 0 Å². The molecule has 0 aromatic heterocycles. The molecule has 1 rings (SSSR count). The van der Waals surface area contributed by atoms with E-state index >= 15 is 0 Å². The normalized spacial score (nSPS) is 19.2. The summed E-state index contributed by atoms with van der Waals surface area (Å²) in [4.78, 5) is 11.8. The van der Waals surface area contributed by atoms with E-state index < -0.39 is 6.10 Å². The highest BCUT2D eigenvalue weighted by Crippen LogP contribution is 2.24. The van der Waals surface area contributed by atoms with Crippen molar-refractivity contribution in [1.29, 1.82) is 0 Å². The van der Waals surface area contributed by atoms with Crippen LogP contribution in [-0.2, 0) is 4.79 Å². The van der Waals surface area contributed by atoms with Crippen LogP contribution in [0.2, 0.25) is 0 Å². The molecule has 5 heteroatoms. The maximum absolute atomic E-state index is 11.8. The molecule has 1 aliphatic heterocycles. The second-order valence-corrected chi connectivity index (χ2v) is 6.36. The summed E-state index contributed by atoms with van der Waals surface area (Å²) in [5.41, 5.74) is 0. The Morgan fingerprint density at radius 2 is 1.90 bits per heavy atom. The Morgan fingerprint density at radius 1 is 1.30 bits per heavy atom. The summed E-state index contributed by atoms with van der Waals surface area (Å²) in [5.74, 6) is 1.63. The average Bonchev–Trinajstić information content (AvgIpc) is 2.36. The van der Waals surface area contributed by atoms with Crippen LogP contribution in [0.3, 0.4) is 0 Å². The summed E-state index contributed by atoms with van der Waals surface area (Å²) in [6, 6.07) is 0. The zero-order valence-corrected chi connectivity index (χ0v) is 13.8. The van der Waals surface area contributed by atoms with E-state index in [2.05, 4.69) is 31.4 Å². The van der Waals surface area contributed by atoms with Crippen LogP contribution in [-0.4, -0.2) is 36.8 Å². The first-order chi connectivity index (χ1) is 8.99. The molecular weight excluding hydrogens is 276 g/mol. The van der Waals surface area contributed by atoms with Gasteiger partial charge in [0.1, 0.15) is 0 Å². The topological polar surface area (TPSA) is 61.4 Å². The van der Waals surface area contributed by atoms with Gasteiger partial charge in [-0.2, -0.15) is 0 Å². The lowest BCUT2D eigenvalue weighted by Crippen LogP contribution is -2.36. The smallest absolute Gasteiger partial charge is 0.220 e. The zero-order chi connectivity index (χ0) is 14.3. The molecule has 2 unspecified atom stereocenters. The Kier molecular flexibility index (Phi) is 10.2. The Morgan fingerprint density at radius 3 is 2.45 bits per heavy atom. The largest absolute Gasteiger partial charge is 0.391 e. The van der Waals surface area contributed by atoms with Crippen LogP contribution < -0.4 is 10.6 Å². The number of halogens is 1. The number of carbonyl (C=O) groups excluding carboxylic acids is 1. The van der Waals surface area contributed by atoms with Crippen molar-refractivity contribution in [2.75, 3.05) is 19.6 Å². The van der Waals surface area contributed by atoms with E-state index in [1.807, 2.05) is 0 Å². The summed E-state index contributed by atoms with van der Waals surface area (Å²) < 4.78 is 0. The molecule has 20 heavy (non-hydrogen) atoms. The van der Waals surface area contributed by atoms with Crippen LogP contribution in [0.15, 0.2) is 0 Å². The van der Waals surface area contributed by atoms with Gasteiger partial charge in [-0.1, -0.05) is 20.8 Å². The average molecular weight is 307 g/mol. The van der Waals surface area contributed by atoms with E-state index in [0.29, 0.717) is 30.7 Å². The summed E-state index contributed by atoms with van der Waals surface area (Å²) in [5, 5.41) is 15.9. The highest BCUT2D eigenvalue weighted by molar-refractivity contribution is 5.85. The van der Waals surface area contributed by atoms with Crippen LogP contribution in [0.1, 0.15) is 46.5 Å². The monoisotopic (exact) mass is 306 g/mol. The second-order valence-electron chi connectivity index (χ2n) is 6.36. The van der Waals surface area contributed by atoms with E-state index in [0.717, 1.165) is 19.5 Å². The van der Waals surface area contributed by atoms with Gasteiger partial charge in [0.05, 0.1) is 6.10 Å². The van der Waals surface area contributed by atoms with Crippen LogP contribution in [0, 0.1) is 17.8 Å². The van der Waals surface area contributed by atoms with Crippen molar-refractivity contribution < 1.29 is 9.90 Å². The van der Waals surface area contributed by atoms with Crippen molar-refractivity contribution in [3.05, 3.63) is 0 Å². The summed E-state index contributed by atoms with van der Waals surface area (Å²) in [6.45, 7) is 8.85. The Balaban J connectivity index is 0.00000361. The molecule has 1 fully saturated rings. The van der Waals surface area contributed by atoms with Gasteiger partial charge in [-0.25, -0.2) is 0 Å². The lowest BCUT2D eigenvalue weighted by molar-refractivity contribution is -0.122. The van der Waals surface area contributed by atoms with Crippen molar-refractivity contribution >= 4 is 18.3 Å². The molecule has 4 nitrogen and oxygen atoms in total. The molecule has 0 spiro atoms. The van der Waals surface area contributed by atoms with E-state index in [1.165, 1.54) is 12.8 Å². The third kappa shape index (κ3) is 8.08. The molecule has 0 bridgehead atoms. The molecular formula is C15H31ClN2O2. The quantitative estimate of drug-likeness (QED) is 0.674.